The van der Waals surface area contributed by atoms with Crippen molar-refractivity contribution in [1.82, 2.24) is 10.6 Å². The predicted octanol–water partition coefficient (Wildman–Crippen LogP) is 2.94. The number of rotatable bonds is 8. The lowest BCUT2D eigenvalue weighted by Gasteiger charge is -2.12. The molecule has 138 valence electrons. The van der Waals surface area contributed by atoms with Crippen molar-refractivity contribution in [3.8, 4) is 0 Å². The number of carbonyl (C=O) groups excluding carboxylic acids is 3. The van der Waals surface area contributed by atoms with Gasteiger partial charge in [-0.1, -0.05) is 17.7 Å². The lowest BCUT2D eigenvalue weighted by atomic mass is 10.2. The fourth-order valence-corrected chi connectivity index (χ4v) is 2.95. The van der Waals surface area contributed by atoms with E-state index < -0.39 is 5.97 Å². The smallest absolute Gasteiger partial charge is 0.308 e. The van der Waals surface area contributed by atoms with E-state index in [1.807, 2.05) is 24.4 Å². The number of halogens is 1. The van der Waals surface area contributed by atoms with Crippen LogP contribution in [0.3, 0.4) is 0 Å². The third-order valence-corrected chi connectivity index (χ3v) is 4.74. The molecule has 0 saturated heterocycles. The first-order chi connectivity index (χ1) is 12.5. The second-order valence-corrected chi connectivity index (χ2v) is 6.89. The van der Waals surface area contributed by atoms with Crippen LogP contribution in [0, 0.1) is 0 Å². The number of amides is 2. The molecule has 8 heteroatoms. The van der Waals surface area contributed by atoms with Crippen molar-refractivity contribution < 1.29 is 19.1 Å². The van der Waals surface area contributed by atoms with Crippen molar-refractivity contribution in [2.75, 3.05) is 13.2 Å². The number of hydrogen-bond donors (Lipinski definition) is 2. The molecule has 0 aliphatic carbocycles. The zero-order chi connectivity index (χ0) is 18.9. The summed E-state index contributed by atoms with van der Waals surface area (Å²) in [4.78, 5) is 36.3. The Morgan fingerprint density at radius 1 is 1.19 bits per heavy atom. The standard InChI is InChI=1S/C18H19ClN2O4S/c1-12(15-3-2-10-26-15)21-16(22)11-25-17(23)8-9-20-18(24)13-4-6-14(19)7-5-13/h2-7,10,12H,8-9,11H2,1H3,(H,20,24)(H,21,22)/t12-/m1/s1. The maximum absolute atomic E-state index is 11.9. The van der Waals surface area contributed by atoms with Crippen molar-refractivity contribution in [2.45, 2.75) is 19.4 Å². The Labute approximate surface area is 160 Å². The highest BCUT2D eigenvalue weighted by Crippen LogP contribution is 2.17. The summed E-state index contributed by atoms with van der Waals surface area (Å²) in [7, 11) is 0. The Morgan fingerprint density at radius 2 is 1.92 bits per heavy atom. The number of thiophene rings is 1. The summed E-state index contributed by atoms with van der Waals surface area (Å²) in [6.45, 7) is 1.63. The number of benzene rings is 1. The molecule has 1 aromatic carbocycles. The third-order valence-electron chi connectivity index (χ3n) is 3.43. The maximum atomic E-state index is 11.9. The van der Waals surface area contributed by atoms with Gasteiger partial charge in [-0.25, -0.2) is 0 Å². The number of nitrogens with one attached hydrogen (secondary N) is 2. The van der Waals surface area contributed by atoms with Gasteiger partial charge in [-0.2, -0.15) is 0 Å². The number of ether oxygens (including phenoxy) is 1. The summed E-state index contributed by atoms with van der Waals surface area (Å²) in [6, 6.07) is 10.1. The van der Waals surface area contributed by atoms with E-state index in [2.05, 4.69) is 10.6 Å². The summed E-state index contributed by atoms with van der Waals surface area (Å²) in [5.74, 6) is -1.23. The molecule has 0 spiro atoms. The minimum atomic E-state index is -0.555. The zero-order valence-corrected chi connectivity index (χ0v) is 15.7. The van der Waals surface area contributed by atoms with Crippen molar-refractivity contribution in [1.29, 1.82) is 0 Å². The summed E-state index contributed by atoms with van der Waals surface area (Å²) in [6.07, 6.45) is -0.0207. The fraction of sp³-hybridized carbons (Fsp3) is 0.278. The molecule has 1 atom stereocenters. The van der Waals surface area contributed by atoms with E-state index in [1.54, 1.807) is 35.6 Å². The molecule has 0 unspecified atom stereocenters. The molecule has 26 heavy (non-hydrogen) atoms. The molecular weight excluding hydrogens is 376 g/mol. The van der Waals surface area contributed by atoms with E-state index in [4.69, 9.17) is 16.3 Å². The van der Waals surface area contributed by atoms with Gasteiger partial charge in [0, 0.05) is 22.0 Å². The molecule has 0 aliphatic heterocycles. The maximum Gasteiger partial charge on any atom is 0.308 e. The molecule has 2 N–H and O–H groups in total. The van der Waals surface area contributed by atoms with Crippen molar-refractivity contribution in [2.24, 2.45) is 0 Å². The molecule has 0 radical (unpaired) electrons. The molecule has 0 bridgehead atoms. The second kappa shape index (κ2) is 9.94. The van der Waals surface area contributed by atoms with E-state index in [-0.39, 0.29) is 37.4 Å². The first-order valence-electron chi connectivity index (χ1n) is 7.98. The number of carbonyl (C=O) groups is 3. The minimum absolute atomic E-state index is 0.0207. The Bertz CT molecular complexity index is 747. The van der Waals surface area contributed by atoms with Crippen LogP contribution in [0.1, 0.15) is 34.6 Å². The van der Waals surface area contributed by atoms with Crippen LogP contribution in [-0.2, 0) is 14.3 Å². The summed E-state index contributed by atoms with van der Waals surface area (Å²) in [5, 5.41) is 7.82. The molecule has 2 rings (SSSR count). The van der Waals surface area contributed by atoms with Gasteiger partial charge in [0.1, 0.15) is 0 Å². The normalized spacial score (nSPS) is 11.5. The summed E-state index contributed by atoms with van der Waals surface area (Å²) >= 11 is 7.30. The lowest BCUT2D eigenvalue weighted by Crippen LogP contribution is -2.31. The van der Waals surface area contributed by atoms with E-state index in [0.29, 0.717) is 10.6 Å². The van der Waals surface area contributed by atoms with Gasteiger partial charge in [-0.15, -0.1) is 11.3 Å². The molecular formula is C18H19ClN2O4S. The van der Waals surface area contributed by atoms with E-state index >= 15 is 0 Å². The van der Waals surface area contributed by atoms with Gasteiger partial charge in [-0.05, 0) is 42.6 Å². The zero-order valence-electron chi connectivity index (χ0n) is 14.2. The molecule has 0 saturated carbocycles. The van der Waals surface area contributed by atoms with E-state index in [1.165, 1.54) is 0 Å². The highest BCUT2D eigenvalue weighted by Gasteiger charge is 2.13. The minimum Gasteiger partial charge on any atom is -0.456 e. The Kier molecular flexibility index (Phi) is 7.62. The highest BCUT2D eigenvalue weighted by atomic mass is 35.5. The van der Waals surface area contributed by atoms with Crippen molar-refractivity contribution >= 4 is 40.7 Å². The van der Waals surface area contributed by atoms with Gasteiger partial charge < -0.3 is 15.4 Å². The Balaban J connectivity index is 1.63. The largest absolute Gasteiger partial charge is 0.456 e. The van der Waals surface area contributed by atoms with Crippen LogP contribution in [0.25, 0.3) is 0 Å². The average molecular weight is 395 g/mol. The van der Waals surface area contributed by atoms with E-state index in [0.717, 1.165) is 4.88 Å². The number of esters is 1. The molecule has 0 fully saturated rings. The molecule has 0 aliphatic rings. The molecule has 1 aromatic heterocycles. The van der Waals surface area contributed by atoms with E-state index in [9.17, 15) is 14.4 Å². The summed E-state index contributed by atoms with van der Waals surface area (Å²) in [5.41, 5.74) is 0.449. The predicted molar refractivity (Wildman–Crippen MR) is 100 cm³/mol. The van der Waals surface area contributed by atoms with Crippen LogP contribution in [0.4, 0.5) is 0 Å². The monoisotopic (exact) mass is 394 g/mol. The second-order valence-electron chi connectivity index (χ2n) is 5.48. The van der Waals surface area contributed by atoms with Crippen LogP contribution >= 0.6 is 22.9 Å². The van der Waals surface area contributed by atoms with Gasteiger partial charge >= 0.3 is 5.97 Å². The first-order valence-corrected chi connectivity index (χ1v) is 9.23. The Hall–Kier alpha value is -2.38. The number of hydrogen-bond acceptors (Lipinski definition) is 5. The lowest BCUT2D eigenvalue weighted by molar-refractivity contribution is -0.148. The van der Waals surface area contributed by atoms with Crippen LogP contribution in [0.15, 0.2) is 41.8 Å². The topological polar surface area (TPSA) is 84.5 Å². The molecule has 2 aromatic rings. The van der Waals surface area contributed by atoms with Gasteiger partial charge in [0.25, 0.3) is 11.8 Å². The summed E-state index contributed by atoms with van der Waals surface area (Å²) < 4.78 is 4.91. The highest BCUT2D eigenvalue weighted by molar-refractivity contribution is 7.10. The molecule has 6 nitrogen and oxygen atoms in total. The first kappa shape index (κ1) is 19.9. The fourth-order valence-electron chi connectivity index (χ4n) is 2.09. The molecule has 1 heterocycles. The van der Waals surface area contributed by atoms with Crippen molar-refractivity contribution in [3.63, 3.8) is 0 Å². The van der Waals surface area contributed by atoms with Gasteiger partial charge in [0.15, 0.2) is 6.61 Å². The van der Waals surface area contributed by atoms with Crippen LogP contribution in [-0.4, -0.2) is 30.9 Å². The average Bonchev–Trinajstić information content (AvgIpc) is 3.15. The van der Waals surface area contributed by atoms with Crippen LogP contribution < -0.4 is 10.6 Å². The van der Waals surface area contributed by atoms with Crippen molar-refractivity contribution in [3.05, 3.63) is 57.2 Å². The van der Waals surface area contributed by atoms with Crippen LogP contribution in [0.5, 0.6) is 0 Å². The van der Waals surface area contributed by atoms with Gasteiger partial charge in [-0.3, -0.25) is 14.4 Å². The Morgan fingerprint density at radius 3 is 2.58 bits per heavy atom. The quantitative estimate of drug-likeness (QED) is 0.674. The molecule has 2 amide bonds. The van der Waals surface area contributed by atoms with Gasteiger partial charge in [0.05, 0.1) is 12.5 Å². The van der Waals surface area contributed by atoms with Gasteiger partial charge in [0.2, 0.25) is 0 Å². The third kappa shape index (κ3) is 6.50. The van der Waals surface area contributed by atoms with Crippen LogP contribution in [0.2, 0.25) is 5.02 Å². The SMILES string of the molecule is C[C@@H](NC(=O)COC(=O)CCNC(=O)c1ccc(Cl)cc1)c1cccs1.